The number of hydrogen-bond donors (Lipinski definition) is 1. The lowest BCUT2D eigenvalue weighted by molar-refractivity contribution is -0.385. The summed E-state index contributed by atoms with van der Waals surface area (Å²) in [5.74, 6) is 0.411. The molecule has 0 aliphatic heterocycles. The topological polar surface area (TPSA) is 98.1 Å². The molecule has 0 amide bonds. The first-order chi connectivity index (χ1) is 8.22. The van der Waals surface area contributed by atoms with E-state index in [2.05, 4.69) is 10.2 Å². The highest BCUT2D eigenvalue weighted by Gasteiger charge is 2.31. The van der Waals surface area contributed by atoms with Crippen LogP contribution in [0, 0.1) is 16.0 Å². The van der Waals surface area contributed by atoms with Gasteiger partial charge in [0.2, 0.25) is 0 Å². The molecule has 1 aliphatic rings. The number of nitrogens with one attached hydrogen (secondary N) is 1. The molecule has 0 aromatic carbocycles. The molecule has 1 heterocycles. The van der Waals surface area contributed by atoms with Gasteiger partial charge in [-0.15, -0.1) is 0 Å². The summed E-state index contributed by atoms with van der Waals surface area (Å²) in [7, 11) is 0. The molecule has 1 aromatic rings. The number of carbonyl (C=O) groups excluding carboxylic acids is 1. The van der Waals surface area contributed by atoms with Gasteiger partial charge in [0.1, 0.15) is 11.9 Å². The molecule has 0 spiro atoms. The summed E-state index contributed by atoms with van der Waals surface area (Å²) in [5.41, 5.74) is 0.411. The molecule has 1 fully saturated rings. The van der Waals surface area contributed by atoms with Gasteiger partial charge in [-0.3, -0.25) is 20.0 Å². The lowest BCUT2D eigenvalue weighted by Crippen LogP contribution is -2.10. The Labute approximate surface area is 97.3 Å². The Bertz CT molecular complexity index is 413. The average Bonchev–Trinajstić information content (AvgIpc) is 2.97. The lowest BCUT2D eigenvalue weighted by Gasteiger charge is -2.12. The van der Waals surface area contributed by atoms with Crippen molar-refractivity contribution in [2.24, 2.45) is 5.92 Å². The van der Waals surface area contributed by atoms with E-state index < -0.39 is 4.92 Å². The van der Waals surface area contributed by atoms with E-state index in [1.165, 1.54) is 6.20 Å². The van der Waals surface area contributed by atoms with Crippen LogP contribution >= 0.6 is 0 Å². The maximum Gasteiger partial charge on any atom is 0.310 e. The number of hydrogen-bond acceptors (Lipinski definition) is 5. The van der Waals surface area contributed by atoms with E-state index in [-0.39, 0.29) is 18.2 Å². The molecule has 1 unspecified atom stereocenters. The fourth-order valence-electron chi connectivity index (χ4n) is 1.92. The highest BCUT2D eigenvalue weighted by Crippen LogP contribution is 2.40. The predicted octanol–water partition coefficient (Wildman–Crippen LogP) is 1.37. The van der Waals surface area contributed by atoms with Gasteiger partial charge >= 0.3 is 5.69 Å². The lowest BCUT2D eigenvalue weighted by atomic mass is 9.98. The van der Waals surface area contributed by atoms with Gasteiger partial charge in [-0.05, 0) is 12.3 Å². The average molecular weight is 239 g/mol. The molecule has 0 saturated heterocycles. The second kappa shape index (κ2) is 4.94. The Hall–Kier alpha value is -1.92. The smallest absolute Gasteiger partial charge is 0.310 e. The molecule has 0 radical (unpaired) electrons. The van der Waals surface area contributed by atoms with Gasteiger partial charge in [-0.25, -0.2) is 0 Å². The van der Waals surface area contributed by atoms with Gasteiger partial charge in [-0.2, -0.15) is 5.10 Å². The number of carbonyl (C=O) groups is 1. The van der Waals surface area contributed by atoms with Crippen LogP contribution in [0.1, 0.15) is 30.9 Å². The zero-order valence-electron chi connectivity index (χ0n) is 9.17. The largest absolute Gasteiger partial charge is 0.467 e. The molecule has 2 rings (SSSR count). The van der Waals surface area contributed by atoms with E-state index in [1.807, 2.05) is 0 Å². The van der Waals surface area contributed by atoms with Gasteiger partial charge in [0.15, 0.2) is 0 Å². The Kier molecular flexibility index (Phi) is 3.36. The van der Waals surface area contributed by atoms with Crippen molar-refractivity contribution < 1.29 is 14.5 Å². The van der Waals surface area contributed by atoms with Gasteiger partial charge in [-0.1, -0.05) is 12.8 Å². The first-order valence-corrected chi connectivity index (χ1v) is 5.45. The Balaban J connectivity index is 2.13. The Morgan fingerprint density at radius 2 is 2.47 bits per heavy atom. The fourth-order valence-corrected chi connectivity index (χ4v) is 1.92. The third-order valence-electron chi connectivity index (χ3n) is 2.93. The Morgan fingerprint density at radius 1 is 1.71 bits per heavy atom. The normalized spacial score (nSPS) is 16.5. The van der Waals surface area contributed by atoms with Crippen molar-refractivity contribution in [1.29, 1.82) is 0 Å². The van der Waals surface area contributed by atoms with Crippen LogP contribution in [0.5, 0.6) is 0 Å². The van der Waals surface area contributed by atoms with Crippen molar-refractivity contribution in [2.45, 2.75) is 25.2 Å². The van der Waals surface area contributed by atoms with E-state index in [0.717, 1.165) is 19.3 Å². The minimum absolute atomic E-state index is 0.0369. The summed E-state index contributed by atoms with van der Waals surface area (Å²) in [5, 5.41) is 17.1. The van der Waals surface area contributed by atoms with Crippen LogP contribution in [0.15, 0.2) is 6.20 Å². The van der Waals surface area contributed by atoms with E-state index >= 15 is 0 Å². The first-order valence-electron chi connectivity index (χ1n) is 5.45. The van der Waals surface area contributed by atoms with Crippen LogP contribution in [0.2, 0.25) is 0 Å². The second-order valence-corrected chi connectivity index (χ2v) is 4.23. The maximum atomic E-state index is 10.8. The molecular weight excluding hydrogens is 226 g/mol. The summed E-state index contributed by atoms with van der Waals surface area (Å²) in [6, 6.07) is 0. The van der Waals surface area contributed by atoms with E-state index in [9.17, 15) is 14.9 Å². The van der Waals surface area contributed by atoms with Gasteiger partial charge in [0.05, 0.1) is 11.5 Å². The SMILES string of the molecule is O=COCC(CC1CC1)c1[nH]ncc1[N+](=O)[O-]. The Morgan fingerprint density at radius 3 is 3.06 bits per heavy atom. The van der Waals surface area contributed by atoms with Gasteiger partial charge < -0.3 is 4.74 Å². The number of nitrogens with zero attached hydrogens (tertiary/aromatic N) is 2. The van der Waals surface area contributed by atoms with Crippen LogP contribution in [0.3, 0.4) is 0 Å². The first kappa shape index (κ1) is 11.6. The number of aromatic nitrogens is 2. The fraction of sp³-hybridized carbons (Fsp3) is 0.600. The van der Waals surface area contributed by atoms with Crippen molar-refractivity contribution in [3.8, 4) is 0 Å². The number of rotatable bonds is 7. The molecule has 7 nitrogen and oxygen atoms in total. The minimum atomic E-state index is -0.473. The summed E-state index contributed by atoms with van der Waals surface area (Å²) in [6.45, 7) is 0.519. The van der Waals surface area contributed by atoms with Crippen LogP contribution in [0.25, 0.3) is 0 Å². The predicted molar refractivity (Wildman–Crippen MR) is 57.3 cm³/mol. The molecular formula is C10H13N3O4. The molecule has 92 valence electrons. The highest BCUT2D eigenvalue weighted by atomic mass is 16.6. The summed E-state index contributed by atoms with van der Waals surface area (Å²) >= 11 is 0. The zero-order chi connectivity index (χ0) is 12.3. The molecule has 17 heavy (non-hydrogen) atoms. The zero-order valence-corrected chi connectivity index (χ0v) is 9.17. The van der Waals surface area contributed by atoms with Gasteiger partial charge in [0, 0.05) is 5.92 Å². The van der Waals surface area contributed by atoms with Crippen molar-refractivity contribution >= 4 is 12.2 Å². The number of ether oxygens (including phenoxy) is 1. The van der Waals surface area contributed by atoms with Crippen molar-refractivity contribution in [2.75, 3.05) is 6.61 Å². The standard InChI is InChI=1S/C10H13N3O4/c14-6-17-5-8(3-7-1-2-7)10-9(13(15)16)4-11-12-10/h4,6-8H,1-3,5H2,(H,11,12). The van der Waals surface area contributed by atoms with E-state index in [1.54, 1.807) is 0 Å². The highest BCUT2D eigenvalue weighted by molar-refractivity contribution is 5.38. The monoisotopic (exact) mass is 239 g/mol. The molecule has 7 heteroatoms. The summed E-state index contributed by atoms with van der Waals surface area (Å²) in [4.78, 5) is 20.5. The van der Waals surface area contributed by atoms with Crippen molar-refractivity contribution in [1.82, 2.24) is 10.2 Å². The van der Waals surface area contributed by atoms with Crippen LogP contribution in [-0.2, 0) is 9.53 Å². The van der Waals surface area contributed by atoms with Crippen LogP contribution in [0.4, 0.5) is 5.69 Å². The summed E-state index contributed by atoms with van der Waals surface area (Å²) < 4.78 is 4.73. The van der Waals surface area contributed by atoms with Crippen molar-refractivity contribution in [3.05, 3.63) is 22.0 Å². The van der Waals surface area contributed by atoms with Gasteiger partial charge in [0.25, 0.3) is 6.47 Å². The van der Waals surface area contributed by atoms with Crippen LogP contribution < -0.4 is 0 Å². The molecule has 1 N–H and O–H groups in total. The molecule has 1 saturated carbocycles. The van der Waals surface area contributed by atoms with Crippen LogP contribution in [-0.4, -0.2) is 28.2 Å². The van der Waals surface area contributed by atoms with Crippen molar-refractivity contribution in [3.63, 3.8) is 0 Å². The third kappa shape index (κ3) is 2.80. The third-order valence-corrected chi connectivity index (χ3v) is 2.93. The molecule has 1 aliphatic carbocycles. The number of aromatic amines is 1. The molecule has 1 atom stereocenters. The number of nitro groups is 1. The summed E-state index contributed by atoms with van der Waals surface area (Å²) in [6.07, 6.45) is 4.26. The van der Waals surface area contributed by atoms with E-state index in [0.29, 0.717) is 18.1 Å². The maximum absolute atomic E-state index is 10.8. The minimum Gasteiger partial charge on any atom is -0.467 e. The number of H-pyrrole nitrogens is 1. The van der Waals surface area contributed by atoms with E-state index in [4.69, 9.17) is 4.74 Å². The molecule has 0 bridgehead atoms. The second-order valence-electron chi connectivity index (χ2n) is 4.23. The quantitative estimate of drug-likeness (QED) is 0.440. The molecule has 1 aromatic heterocycles.